The smallest absolute Gasteiger partial charge is 0.164 e. The van der Waals surface area contributed by atoms with Crippen LogP contribution in [-0.2, 0) is 0 Å². The molecule has 0 amide bonds. The van der Waals surface area contributed by atoms with Crippen LogP contribution in [0.5, 0.6) is 0 Å². The number of aromatic nitrogens is 13. The molecule has 0 atom stereocenters. The predicted molar refractivity (Wildman–Crippen MR) is 520 cm³/mol. The summed E-state index contributed by atoms with van der Waals surface area (Å²) in [5, 5.41) is 13.6. The van der Waals surface area contributed by atoms with Gasteiger partial charge in [-0.2, -0.15) is 0 Å². The fourth-order valence-corrected chi connectivity index (χ4v) is 18.2. The second-order valence-electron chi connectivity index (χ2n) is 31.6. The van der Waals surface area contributed by atoms with Crippen LogP contribution < -0.4 is 0 Å². The van der Waals surface area contributed by atoms with Crippen molar-refractivity contribution >= 4 is 131 Å². The van der Waals surface area contributed by atoms with Crippen molar-refractivity contribution in [2.75, 3.05) is 0 Å². The molecule has 17 heteroatoms. The Labute approximate surface area is 741 Å². The number of benzene rings is 12. The number of fused-ring (bicyclic) bond motifs is 20. The summed E-state index contributed by atoms with van der Waals surface area (Å²) >= 11 is 0. The Balaban J connectivity index is 0.0000000987. The van der Waals surface area contributed by atoms with Crippen LogP contribution in [-0.4, -0.2) is 63.1 Å². The van der Waals surface area contributed by atoms with Crippen LogP contribution in [0, 0.1) is 0 Å². The first-order valence-corrected chi connectivity index (χ1v) is 42.8. The molecule has 0 aliphatic heterocycles. The highest BCUT2D eigenvalue weighted by molar-refractivity contribution is 6.23. The monoisotopic (exact) mass is 1670 g/mol. The molecule has 0 saturated heterocycles. The van der Waals surface area contributed by atoms with Crippen LogP contribution in [0.2, 0.25) is 0 Å². The van der Waals surface area contributed by atoms with Gasteiger partial charge in [0.15, 0.2) is 17.5 Å². The van der Waals surface area contributed by atoms with Crippen LogP contribution in [0.15, 0.2) is 450 Å². The molecule has 0 unspecified atom stereocenters. The van der Waals surface area contributed by atoms with Crippen molar-refractivity contribution in [3.05, 3.63) is 432 Å². The lowest BCUT2D eigenvalue weighted by atomic mass is 10.0. The molecule has 0 aliphatic carbocycles. The normalized spacial score (nSPS) is 11.5. The Morgan fingerprint density at radius 2 is 0.538 bits per heavy atom. The second kappa shape index (κ2) is 32.2. The van der Waals surface area contributed by atoms with Crippen LogP contribution in [0.25, 0.3) is 233 Å². The zero-order chi connectivity index (χ0) is 86.0. The van der Waals surface area contributed by atoms with E-state index >= 15 is 0 Å². The topological polar surface area (TPSA) is 188 Å². The van der Waals surface area contributed by atoms with Crippen molar-refractivity contribution in [1.82, 2.24) is 63.1 Å². The van der Waals surface area contributed by atoms with Crippen molar-refractivity contribution < 1.29 is 17.7 Å². The quantitative estimate of drug-likeness (QED) is 0.119. The number of rotatable bonds is 11. The number of pyridine rings is 6. The molecule has 0 bridgehead atoms. The average Bonchev–Trinajstić information content (AvgIpc) is 1.59. The van der Waals surface area contributed by atoms with Gasteiger partial charge >= 0.3 is 0 Å². The number of hydrogen-bond acceptors (Lipinski definition) is 13. The minimum atomic E-state index is 0.592. The van der Waals surface area contributed by atoms with Gasteiger partial charge in [-0.3, -0.25) is 29.1 Å². The largest absolute Gasteiger partial charge is 0.464 e. The molecule has 0 fully saturated rings. The van der Waals surface area contributed by atoms with E-state index in [2.05, 4.69) is 275 Å². The van der Waals surface area contributed by atoms with E-state index in [4.69, 9.17) is 42.6 Å². The molecule has 0 N–H and O–H groups in total. The van der Waals surface area contributed by atoms with Gasteiger partial charge < -0.3 is 26.8 Å². The first kappa shape index (κ1) is 75.6. The summed E-state index contributed by atoms with van der Waals surface area (Å²) in [5.41, 5.74) is 25.5. The first-order chi connectivity index (χ1) is 64.5. The third-order valence-electron chi connectivity index (χ3n) is 24.1. The van der Waals surface area contributed by atoms with Crippen LogP contribution in [0.4, 0.5) is 0 Å². The molecule has 0 aliphatic rings. The summed E-state index contributed by atoms with van der Waals surface area (Å²) in [5.74, 6) is 3.56. The van der Waals surface area contributed by atoms with E-state index in [9.17, 15) is 0 Å². The van der Waals surface area contributed by atoms with E-state index in [0.717, 1.165) is 200 Å². The molecule has 27 rings (SSSR count). The highest BCUT2D eigenvalue weighted by atomic mass is 16.3. The van der Waals surface area contributed by atoms with E-state index in [1.54, 1.807) is 56.0 Å². The molecule has 27 aromatic rings. The number of furan rings is 4. The van der Waals surface area contributed by atoms with Crippen LogP contribution in [0.3, 0.4) is 0 Å². The lowest BCUT2D eigenvalue weighted by Crippen LogP contribution is -2.00. The van der Waals surface area contributed by atoms with Gasteiger partial charge in [-0.15, -0.1) is 0 Å². The lowest BCUT2D eigenvalue weighted by Gasteiger charge is -2.11. The fourth-order valence-electron chi connectivity index (χ4n) is 18.2. The Morgan fingerprint density at radius 3 is 1.00 bits per heavy atom. The van der Waals surface area contributed by atoms with Gasteiger partial charge in [0.25, 0.3) is 0 Å². The van der Waals surface area contributed by atoms with Crippen molar-refractivity contribution in [2.45, 2.75) is 0 Å². The minimum Gasteiger partial charge on any atom is -0.464 e. The summed E-state index contributed by atoms with van der Waals surface area (Å²) in [7, 11) is 0. The number of hydrogen-bond donors (Lipinski definition) is 0. The van der Waals surface area contributed by atoms with Gasteiger partial charge in [0.1, 0.15) is 34.0 Å². The minimum absolute atomic E-state index is 0.592. The number of para-hydroxylation sites is 4. The Kier molecular flexibility index (Phi) is 18.7. The molecule has 15 heterocycles. The summed E-state index contributed by atoms with van der Waals surface area (Å²) in [6.45, 7) is 0. The summed E-state index contributed by atoms with van der Waals surface area (Å²) in [6, 6.07) is 126. The summed E-state index contributed by atoms with van der Waals surface area (Å²) in [4.78, 5) is 41.9. The van der Waals surface area contributed by atoms with Crippen molar-refractivity contribution in [2.24, 2.45) is 0 Å². The SMILES string of the molecule is c1ccc(-c2cccc(-n3c4ccccc4c4c5occc5ccc43)c2)nc1.c1ccc(-c2cccc(-n3c4ccccc4c4c5occc5ccc43)n2)cc1.c1ccc(-c2cccc(-n3c4ccccc4c4c5occc5ccc43)n2)nc1.c1ccc2c(c1)c1c3occc3ccc1n2-c1ccc(-c2nc(-c3ccncc3)nc(-c3ccc(-c4ccncc4)cc3)n2)cc1. The third-order valence-corrected chi connectivity index (χ3v) is 24.1. The van der Waals surface area contributed by atoms with Gasteiger partial charge in [-0.25, -0.2) is 24.9 Å². The summed E-state index contributed by atoms with van der Waals surface area (Å²) < 4.78 is 32.5. The zero-order valence-electron chi connectivity index (χ0n) is 69.4. The molecule has 17 nitrogen and oxygen atoms in total. The second-order valence-corrected chi connectivity index (χ2v) is 31.6. The maximum absolute atomic E-state index is 5.95. The molecule has 0 radical (unpaired) electrons. The first-order valence-electron chi connectivity index (χ1n) is 42.8. The van der Waals surface area contributed by atoms with Gasteiger partial charge in [0, 0.05) is 119 Å². The fraction of sp³-hybridized carbons (Fsp3) is 0. The van der Waals surface area contributed by atoms with Crippen molar-refractivity contribution in [3.8, 4) is 102 Å². The van der Waals surface area contributed by atoms with Crippen LogP contribution >= 0.6 is 0 Å². The Morgan fingerprint density at radius 1 is 0.192 bits per heavy atom. The molecule has 130 heavy (non-hydrogen) atoms. The van der Waals surface area contributed by atoms with Gasteiger partial charge in [-0.1, -0.05) is 164 Å². The standard InChI is InChI=1S/C39H24N6O.2C25H16N2O.C24H15N3O/c1-2-4-33-32(3-1)35-34(14-11-27-19-24-46-36(27)35)45(33)31-12-9-29(10-13-31)38-42-37(43-39(44-38)30-17-22-41-23-18-30)28-7-5-25(6-8-28)26-15-20-40-21-16-26;1-2-10-22-20(8-1)24-23(12-11-17-13-15-28-25(17)24)27(22)19-7-5-6-18(16-19)21-9-3-4-14-26-21;1-2-7-17(8-3-1)20-10-6-12-23(26-20)27-21-11-5-4-9-19(21)24-22(27)14-13-18-15-16-28-25(18)24;1-2-9-20-17(6-1)23-21(12-11-16-13-15-28-24(16)23)27(20)22-10-5-8-19(26-22)18-7-3-4-14-25-18/h1-24H;2*1-16H;1-15H. The van der Waals surface area contributed by atoms with Gasteiger partial charge in [0.05, 0.1) is 114 Å². The maximum atomic E-state index is 5.95. The highest BCUT2D eigenvalue weighted by Crippen LogP contribution is 2.44. The predicted octanol–water partition coefficient (Wildman–Crippen LogP) is 28.3. The van der Waals surface area contributed by atoms with E-state index in [1.165, 1.54) is 16.3 Å². The average molecular weight is 1670 g/mol. The van der Waals surface area contributed by atoms with E-state index in [0.29, 0.717) is 17.5 Å². The molecule has 0 spiro atoms. The molecule has 15 aromatic heterocycles. The molecular formula is C113H71N13O4. The number of nitrogens with zero attached hydrogens (tertiary/aromatic N) is 13. The maximum Gasteiger partial charge on any atom is 0.164 e. The third kappa shape index (κ3) is 13.4. The van der Waals surface area contributed by atoms with Gasteiger partial charge in [-0.05, 0) is 217 Å². The molecule has 612 valence electrons. The van der Waals surface area contributed by atoms with E-state index in [-0.39, 0.29) is 0 Å². The summed E-state index contributed by atoms with van der Waals surface area (Å²) in [6.07, 6.45) is 17.7. The zero-order valence-corrected chi connectivity index (χ0v) is 69.4. The van der Waals surface area contributed by atoms with Crippen molar-refractivity contribution in [1.29, 1.82) is 0 Å². The Hall–Kier alpha value is -18.1. The molecule has 0 saturated carbocycles. The van der Waals surface area contributed by atoms with E-state index in [1.807, 2.05) is 140 Å². The Bertz CT molecular complexity index is 8390. The molecule has 12 aromatic carbocycles. The van der Waals surface area contributed by atoms with Gasteiger partial charge in [0.2, 0.25) is 0 Å². The lowest BCUT2D eigenvalue weighted by molar-refractivity contribution is 0.619. The molecular weight excluding hydrogens is 1600 g/mol. The van der Waals surface area contributed by atoms with E-state index < -0.39 is 0 Å². The van der Waals surface area contributed by atoms with Crippen LogP contribution in [0.1, 0.15) is 0 Å². The highest BCUT2D eigenvalue weighted by Gasteiger charge is 2.24. The van der Waals surface area contributed by atoms with Crippen molar-refractivity contribution in [3.63, 3.8) is 0 Å².